The third-order valence-corrected chi connectivity index (χ3v) is 3.08. The van der Waals surface area contributed by atoms with Crippen molar-refractivity contribution in [2.24, 2.45) is 0 Å². The smallest absolute Gasteiger partial charge is 1.00 e. The molecule has 0 atom stereocenters. The molecule has 0 fully saturated rings. The summed E-state index contributed by atoms with van der Waals surface area (Å²) in [4.78, 5) is 0. The number of benzene rings is 2. The van der Waals surface area contributed by atoms with Crippen LogP contribution in [0.25, 0.3) is 0 Å². The van der Waals surface area contributed by atoms with E-state index in [1.165, 1.54) is 10.6 Å². The molecule has 0 aliphatic rings. The van der Waals surface area contributed by atoms with Crippen LogP contribution in [0.2, 0.25) is 0 Å². The molecule has 0 unspecified atom stereocenters. The van der Waals surface area contributed by atoms with E-state index in [0.717, 1.165) is 8.58 Å². The van der Waals surface area contributed by atoms with Crippen LogP contribution in [-0.2, 0) is 0 Å². The molecular weight excluding hydrogens is 199 g/mol. The van der Waals surface area contributed by atoms with Gasteiger partial charge in [0.1, 0.15) is 0 Å². The van der Waals surface area contributed by atoms with Crippen LogP contribution in [0.3, 0.4) is 0 Å². The van der Waals surface area contributed by atoms with Crippen molar-refractivity contribution >= 4 is 42.2 Å². The van der Waals surface area contributed by atoms with Gasteiger partial charge in [-0.2, -0.15) is 0 Å². The Balaban J connectivity index is 0. The van der Waals surface area contributed by atoms with Gasteiger partial charge in [0.15, 0.2) is 0 Å². The summed E-state index contributed by atoms with van der Waals surface area (Å²) in [7, 11) is 0.777. The summed E-state index contributed by atoms with van der Waals surface area (Å²) in [6, 6.07) is 21.2. The standard InChI is InChI=1S/C12H11P.Mg.2H/c1-3-7-11(8-4-1)13-12-9-5-2-6-10-12;;;/h1-10,13H;;;/q;+2;2*-1. The quantitative estimate of drug-likeness (QED) is 0.529. The Morgan fingerprint density at radius 3 is 1.36 bits per heavy atom. The predicted molar refractivity (Wildman–Crippen MR) is 68.4 cm³/mol. The largest absolute Gasteiger partial charge is 2.00 e. The average molecular weight is 213 g/mol. The van der Waals surface area contributed by atoms with Crippen molar-refractivity contribution in [3.05, 3.63) is 60.7 Å². The van der Waals surface area contributed by atoms with Gasteiger partial charge in [0.25, 0.3) is 0 Å². The molecule has 0 saturated heterocycles. The van der Waals surface area contributed by atoms with E-state index in [1.54, 1.807) is 0 Å². The molecule has 0 spiro atoms. The molecule has 0 bridgehead atoms. The maximum absolute atomic E-state index is 2.17. The number of hydrogen-bond acceptors (Lipinski definition) is 0. The zero-order valence-corrected chi connectivity index (χ0v) is 10.4. The van der Waals surface area contributed by atoms with Crippen LogP contribution >= 0.6 is 8.58 Å². The van der Waals surface area contributed by atoms with Gasteiger partial charge in [0.05, 0.1) is 0 Å². The summed E-state index contributed by atoms with van der Waals surface area (Å²) in [5, 5.41) is 2.79. The second-order valence-corrected chi connectivity index (χ2v) is 4.26. The third-order valence-electron chi connectivity index (χ3n) is 1.84. The number of rotatable bonds is 2. The first-order chi connectivity index (χ1) is 6.45. The average Bonchev–Trinajstić information content (AvgIpc) is 2.21. The Morgan fingerprint density at radius 2 is 1.00 bits per heavy atom. The summed E-state index contributed by atoms with van der Waals surface area (Å²) < 4.78 is 0. The van der Waals surface area contributed by atoms with E-state index in [-0.39, 0.29) is 25.9 Å². The maximum atomic E-state index is 2.17. The molecule has 0 radical (unpaired) electrons. The molecule has 68 valence electrons. The Bertz CT molecular complexity index is 330. The molecule has 0 aliphatic carbocycles. The monoisotopic (exact) mass is 212 g/mol. The molecule has 2 rings (SSSR count). The zero-order valence-electron chi connectivity index (χ0n) is 9.98. The van der Waals surface area contributed by atoms with E-state index in [1.807, 2.05) is 0 Å². The molecular formula is C12H13MgP. The Morgan fingerprint density at radius 1 is 0.643 bits per heavy atom. The van der Waals surface area contributed by atoms with Gasteiger partial charge in [-0.25, -0.2) is 0 Å². The SMILES string of the molecule is [H-].[H-].[Mg+2].c1ccc(Pc2ccccc2)cc1. The van der Waals surface area contributed by atoms with Gasteiger partial charge in [0.2, 0.25) is 0 Å². The minimum atomic E-state index is 0. The Hall–Kier alpha value is -0.364. The van der Waals surface area contributed by atoms with Gasteiger partial charge in [-0.1, -0.05) is 69.2 Å². The molecule has 2 aromatic carbocycles. The van der Waals surface area contributed by atoms with Crippen molar-refractivity contribution in [3.8, 4) is 0 Å². The van der Waals surface area contributed by atoms with Gasteiger partial charge >= 0.3 is 23.1 Å². The molecule has 0 N–H and O–H groups in total. The molecule has 14 heavy (non-hydrogen) atoms. The van der Waals surface area contributed by atoms with E-state index in [9.17, 15) is 0 Å². The predicted octanol–water partition coefficient (Wildman–Crippen LogP) is 2.16. The van der Waals surface area contributed by atoms with Crippen molar-refractivity contribution in [2.45, 2.75) is 0 Å². The van der Waals surface area contributed by atoms with Crippen molar-refractivity contribution in [2.75, 3.05) is 0 Å². The van der Waals surface area contributed by atoms with Crippen LogP contribution in [0.1, 0.15) is 2.85 Å². The van der Waals surface area contributed by atoms with E-state index in [2.05, 4.69) is 60.7 Å². The molecule has 0 amide bonds. The summed E-state index contributed by atoms with van der Waals surface area (Å²) in [6.45, 7) is 0. The molecule has 0 aromatic heterocycles. The fourth-order valence-electron chi connectivity index (χ4n) is 1.21. The van der Waals surface area contributed by atoms with Crippen molar-refractivity contribution in [1.82, 2.24) is 0 Å². The fraction of sp³-hybridized carbons (Fsp3) is 0. The topological polar surface area (TPSA) is 0 Å². The van der Waals surface area contributed by atoms with Crippen LogP contribution in [0.4, 0.5) is 0 Å². The second kappa shape index (κ2) is 6.18. The van der Waals surface area contributed by atoms with E-state index in [0.29, 0.717) is 0 Å². The Labute approximate surface area is 106 Å². The van der Waals surface area contributed by atoms with Crippen LogP contribution < -0.4 is 10.6 Å². The van der Waals surface area contributed by atoms with Gasteiger partial charge in [0, 0.05) is 0 Å². The van der Waals surface area contributed by atoms with E-state index in [4.69, 9.17) is 0 Å². The first-order valence-electron chi connectivity index (χ1n) is 4.32. The fourth-order valence-corrected chi connectivity index (χ4v) is 2.26. The van der Waals surface area contributed by atoms with E-state index >= 15 is 0 Å². The molecule has 0 aliphatic heterocycles. The summed E-state index contributed by atoms with van der Waals surface area (Å²) in [5.41, 5.74) is 0. The maximum Gasteiger partial charge on any atom is 2.00 e. The first-order valence-corrected chi connectivity index (χ1v) is 5.32. The van der Waals surface area contributed by atoms with Crippen molar-refractivity contribution < 1.29 is 2.85 Å². The zero-order chi connectivity index (χ0) is 8.93. The Kier molecular flexibility index (Phi) is 5.17. The number of hydrogen-bond donors (Lipinski definition) is 0. The van der Waals surface area contributed by atoms with Gasteiger partial charge in [-0.15, -0.1) is 0 Å². The van der Waals surface area contributed by atoms with E-state index < -0.39 is 0 Å². The van der Waals surface area contributed by atoms with Crippen LogP contribution in [0.15, 0.2) is 60.7 Å². The first kappa shape index (κ1) is 11.7. The van der Waals surface area contributed by atoms with Crippen molar-refractivity contribution in [1.29, 1.82) is 0 Å². The molecule has 2 aromatic rings. The summed E-state index contributed by atoms with van der Waals surface area (Å²) in [5.74, 6) is 0. The van der Waals surface area contributed by atoms with Crippen molar-refractivity contribution in [3.63, 3.8) is 0 Å². The molecule has 0 heterocycles. The molecule has 0 saturated carbocycles. The minimum Gasteiger partial charge on any atom is -1.00 e. The summed E-state index contributed by atoms with van der Waals surface area (Å²) >= 11 is 0. The van der Waals surface area contributed by atoms with Crippen LogP contribution in [0, 0.1) is 0 Å². The van der Waals surface area contributed by atoms with Gasteiger partial charge in [-0.05, 0) is 10.6 Å². The third kappa shape index (κ3) is 3.41. The van der Waals surface area contributed by atoms with Crippen LogP contribution in [0.5, 0.6) is 0 Å². The normalized spacial score (nSPS) is 9.14. The van der Waals surface area contributed by atoms with Crippen LogP contribution in [-0.4, -0.2) is 23.1 Å². The summed E-state index contributed by atoms with van der Waals surface area (Å²) in [6.07, 6.45) is 0. The molecule has 0 nitrogen and oxygen atoms in total. The molecule has 2 heteroatoms. The van der Waals surface area contributed by atoms with Gasteiger partial charge in [-0.3, -0.25) is 0 Å². The minimum absolute atomic E-state index is 0. The van der Waals surface area contributed by atoms with Gasteiger partial charge < -0.3 is 2.85 Å². The second-order valence-electron chi connectivity index (χ2n) is 2.86.